The van der Waals surface area contributed by atoms with E-state index in [1.165, 1.54) is 25.8 Å². The fraction of sp³-hybridized carbons (Fsp3) is 0.938. The van der Waals surface area contributed by atoms with Gasteiger partial charge in [-0.1, -0.05) is 19.3 Å². The summed E-state index contributed by atoms with van der Waals surface area (Å²) in [4.78, 5) is 14.7. The van der Waals surface area contributed by atoms with E-state index in [0.717, 1.165) is 57.5 Å². The molecule has 0 aromatic rings. The molecular formula is C16H29N3O. The zero-order valence-electron chi connectivity index (χ0n) is 12.6. The molecule has 20 heavy (non-hydrogen) atoms. The van der Waals surface area contributed by atoms with Crippen molar-refractivity contribution < 1.29 is 4.79 Å². The second kappa shape index (κ2) is 6.02. The average Bonchev–Trinajstić information content (AvgIpc) is 3.30. The Balaban J connectivity index is 1.45. The van der Waals surface area contributed by atoms with Gasteiger partial charge in [-0.05, 0) is 51.0 Å². The zero-order chi connectivity index (χ0) is 14.0. The van der Waals surface area contributed by atoms with Crippen LogP contribution in [0.3, 0.4) is 0 Å². The number of nitrogens with zero attached hydrogens (tertiary/aromatic N) is 1. The molecule has 0 radical (unpaired) electrons. The van der Waals surface area contributed by atoms with Crippen molar-refractivity contribution in [1.82, 2.24) is 10.2 Å². The highest BCUT2D eigenvalue weighted by Gasteiger charge is 2.39. The highest BCUT2D eigenvalue weighted by Crippen LogP contribution is 2.30. The molecule has 1 aliphatic heterocycles. The van der Waals surface area contributed by atoms with Gasteiger partial charge in [-0.3, -0.25) is 4.79 Å². The van der Waals surface area contributed by atoms with E-state index in [2.05, 4.69) is 5.32 Å². The first-order valence-corrected chi connectivity index (χ1v) is 8.49. The number of nitrogens with two attached hydrogens (primary N) is 1. The van der Waals surface area contributed by atoms with E-state index < -0.39 is 5.54 Å². The van der Waals surface area contributed by atoms with Crippen LogP contribution < -0.4 is 11.1 Å². The molecule has 2 aliphatic carbocycles. The number of likely N-dealkylation sites (tertiary alicyclic amines) is 1. The topological polar surface area (TPSA) is 58.4 Å². The lowest BCUT2D eigenvalue weighted by molar-refractivity contribution is -0.139. The normalized spacial score (nSPS) is 27.6. The largest absolute Gasteiger partial charge is 0.341 e. The van der Waals surface area contributed by atoms with Gasteiger partial charge in [-0.25, -0.2) is 0 Å². The smallest absolute Gasteiger partial charge is 0.242 e. The Morgan fingerprint density at radius 1 is 1.10 bits per heavy atom. The van der Waals surface area contributed by atoms with Crippen molar-refractivity contribution in [3.05, 3.63) is 0 Å². The Morgan fingerprint density at radius 3 is 2.35 bits per heavy atom. The molecule has 3 N–H and O–H groups in total. The zero-order valence-corrected chi connectivity index (χ0v) is 12.6. The monoisotopic (exact) mass is 279 g/mol. The summed E-state index contributed by atoms with van der Waals surface area (Å²) in [6.45, 7) is 2.96. The van der Waals surface area contributed by atoms with Gasteiger partial charge < -0.3 is 16.0 Å². The molecule has 114 valence electrons. The molecule has 3 rings (SSSR count). The van der Waals surface area contributed by atoms with Gasteiger partial charge in [-0.2, -0.15) is 0 Å². The Morgan fingerprint density at radius 2 is 1.75 bits per heavy atom. The lowest BCUT2D eigenvalue weighted by atomic mass is 9.81. The van der Waals surface area contributed by atoms with Crippen LogP contribution in [0.2, 0.25) is 0 Å². The summed E-state index contributed by atoms with van der Waals surface area (Å²) in [6.07, 6.45) is 10.2. The van der Waals surface area contributed by atoms with Gasteiger partial charge in [0, 0.05) is 19.1 Å². The molecule has 3 aliphatic rings. The Kier molecular flexibility index (Phi) is 4.32. The summed E-state index contributed by atoms with van der Waals surface area (Å²) in [5, 5.41) is 3.66. The predicted molar refractivity (Wildman–Crippen MR) is 80.3 cm³/mol. The molecular weight excluding hydrogens is 250 g/mol. The number of rotatable bonds is 4. The fourth-order valence-corrected chi connectivity index (χ4v) is 3.65. The third kappa shape index (κ3) is 3.34. The number of amides is 1. The van der Waals surface area contributed by atoms with Gasteiger partial charge in [0.1, 0.15) is 0 Å². The molecule has 3 fully saturated rings. The first-order valence-electron chi connectivity index (χ1n) is 8.49. The lowest BCUT2D eigenvalue weighted by Crippen LogP contribution is -2.58. The first kappa shape index (κ1) is 14.3. The number of nitrogens with one attached hydrogen (secondary N) is 1. The Bertz CT molecular complexity index is 340. The number of hydrogen-bond acceptors (Lipinski definition) is 3. The van der Waals surface area contributed by atoms with Crippen LogP contribution in [0.15, 0.2) is 0 Å². The van der Waals surface area contributed by atoms with Gasteiger partial charge >= 0.3 is 0 Å². The number of piperidine rings is 1. The molecule has 1 saturated heterocycles. The van der Waals surface area contributed by atoms with Crippen molar-refractivity contribution in [3.8, 4) is 0 Å². The highest BCUT2D eigenvalue weighted by atomic mass is 16.2. The van der Waals surface area contributed by atoms with Crippen LogP contribution in [-0.4, -0.2) is 42.0 Å². The van der Waals surface area contributed by atoms with Gasteiger partial charge in [0.05, 0.1) is 5.54 Å². The third-order valence-electron chi connectivity index (χ3n) is 5.35. The van der Waals surface area contributed by atoms with Crippen LogP contribution in [0.5, 0.6) is 0 Å². The number of carbonyl (C=O) groups excluding carboxylic acids is 1. The van der Waals surface area contributed by atoms with E-state index in [-0.39, 0.29) is 5.91 Å². The van der Waals surface area contributed by atoms with Crippen molar-refractivity contribution in [1.29, 1.82) is 0 Å². The average molecular weight is 279 g/mol. The van der Waals surface area contributed by atoms with Crippen molar-refractivity contribution in [2.75, 3.05) is 19.6 Å². The van der Waals surface area contributed by atoms with E-state index in [1.807, 2.05) is 4.90 Å². The molecule has 0 aromatic carbocycles. The molecule has 0 bridgehead atoms. The van der Waals surface area contributed by atoms with E-state index in [9.17, 15) is 4.79 Å². The maximum atomic E-state index is 12.6. The van der Waals surface area contributed by atoms with Crippen LogP contribution in [0, 0.1) is 5.92 Å². The quantitative estimate of drug-likeness (QED) is 0.822. The second-order valence-electron chi connectivity index (χ2n) is 7.13. The summed E-state index contributed by atoms with van der Waals surface area (Å²) in [6, 6.07) is 0.611. The molecule has 1 heterocycles. The van der Waals surface area contributed by atoms with Gasteiger partial charge in [0.2, 0.25) is 5.91 Å². The lowest BCUT2D eigenvalue weighted by Gasteiger charge is -2.40. The van der Waals surface area contributed by atoms with Crippen LogP contribution >= 0.6 is 0 Å². The molecule has 4 heteroatoms. The minimum atomic E-state index is -0.549. The van der Waals surface area contributed by atoms with Crippen LogP contribution in [-0.2, 0) is 4.79 Å². The van der Waals surface area contributed by atoms with Crippen molar-refractivity contribution >= 4 is 5.91 Å². The van der Waals surface area contributed by atoms with E-state index in [4.69, 9.17) is 5.73 Å². The number of carbonyl (C=O) groups is 1. The van der Waals surface area contributed by atoms with Crippen LogP contribution in [0.1, 0.15) is 57.8 Å². The summed E-state index contributed by atoms with van der Waals surface area (Å²) in [7, 11) is 0. The summed E-state index contributed by atoms with van der Waals surface area (Å²) < 4.78 is 0. The standard InChI is InChI=1S/C16H29N3O/c17-16(8-2-1-3-9-16)15(20)19-10-6-14(7-11-19)18-12-13-4-5-13/h13-14,18H,1-12,17H2. The van der Waals surface area contributed by atoms with Gasteiger partial charge in [0.25, 0.3) is 0 Å². The van der Waals surface area contributed by atoms with E-state index >= 15 is 0 Å². The molecule has 0 unspecified atom stereocenters. The minimum absolute atomic E-state index is 0.220. The van der Waals surface area contributed by atoms with E-state index in [0.29, 0.717) is 6.04 Å². The van der Waals surface area contributed by atoms with Crippen molar-refractivity contribution in [2.45, 2.75) is 69.4 Å². The van der Waals surface area contributed by atoms with Crippen molar-refractivity contribution in [3.63, 3.8) is 0 Å². The van der Waals surface area contributed by atoms with Crippen LogP contribution in [0.25, 0.3) is 0 Å². The summed E-state index contributed by atoms with van der Waals surface area (Å²) in [5.74, 6) is 1.15. The third-order valence-corrected chi connectivity index (χ3v) is 5.35. The van der Waals surface area contributed by atoms with Crippen molar-refractivity contribution in [2.24, 2.45) is 11.7 Å². The second-order valence-corrected chi connectivity index (χ2v) is 7.13. The SMILES string of the molecule is NC1(C(=O)N2CCC(NCC3CC3)CC2)CCCCC1. The fourth-order valence-electron chi connectivity index (χ4n) is 3.65. The Hall–Kier alpha value is -0.610. The molecule has 0 atom stereocenters. The molecule has 0 aromatic heterocycles. The first-order chi connectivity index (χ1) is 9.67. The molecule has 0 spiro atoms. The minimum Gasteiger partial charge on any atom is -0.341 e. The Labute approximate surface area is 122 Å². The predicted octanol–water partition coefficient (Wildman–Crippen LogP) is 1.64. The maximum Gasteiger partial charge on any atom is 0.242 e. The molecule has 4 nitrogen and oxygen atoms in total. The number of hydrogen-bond donors (Lipinski definition) is 2. The van der Waals surface area contributed by atoms with E-state index in [1.54, 1.807) is 0 Å². The molecule has 1 amide bonds. The molecule has 2 saturated carbocycles. The summed E-state index contributed by atoms with van der Waals surface area (Å²) >= 11 is 0. The van der Waals surface area contributed by atoms with Gasteiger partial charge in [-0.15, -0.1) is 0 Å². The highest BCUT2D eigenvalue weighted by molar-refractivity contribution is 5.86. The summed E-state index contributed by atoms with van der Waals surface area (Å²) in [5.41, 5.74) is 5.82. The maximum absolute atomic E-state index is 12.6. The van der Waals surface area contributed by atoms with Crippen LogP contribution in [0.4, 0.5) is 0 Å². The van der Waals surface area contributed by atoms with Gasteiger partial charge in [0.15, 0.2) is 0 Å².